The molecule has 12 heteroatoms. The Morgan fingerprint density at radius 3 is 2.36 bits per heavy atom. The second-order valence-corrected chi connectivity index (χ2v) is 17.9. The Labute approximate surface area is 268 Å². The fourth-order valence-electron chi connectivity index (χ4n) is 4.53. The smallest absolute Gasteiger partial charge is 0.303 e. The summed E-state index contributed by atoms with van der Waals surface area (Å²) in [6.45, 7) is 17.6. The van der Waals surface area contributed by atoms with Crippen LogP contribution in [0.5, 0.6) is 5.75 Å². The van der Waals surface area contributed by atoms with Crippen LogP contribution in [-0.2, 0) is 44.4 Å². The van der Waals surface area contributed by atoms with E-state index >= 15 is 0 Å². The van der Waals surface area contributed by atoms with Crippen molar-refractivity contribution in [3.05, 3.63) is 23.8 Å². The standard InChI is InChI=1S/C33H50N2O9Si/c1-12-16-40-17-15-29(39)35(9)19-28(38)34-26-18-25(20-41-45(10,11)33(6,7)8)13-14-27(26)43-32-31(42-24(5)37)22(3)21(2)30(44-32)23(4)36/h1,13-14,18,21-22,30-32H,15-17,19-20H2,2-11H3,(H,34,38)/t21-,22-,30?,31?,32+/m0/s1. The molecule has 1 aromatic rings. The molecule has 1 aliphatic rings. The molecule has 1 saturated heterocycles. The van der Waals surface area contributed by atoms with Gasteiger partial charge in [-0.05, 0) is 48.7 Å². The van der Waals surface area contributed by atoms with Crippen LogP contribution in [-0.4, -0.2) is 82.1 Å². The van der Waals surface area contributed by atoms with Gasteiger partial charge >= 0.3 is 5.97 Å². The summed E-state index contributed by atoms with van der Waals surface area (Å²) in [5.41, 5.74) is 1.10. The van der Waals surface area contributed by atoms with Crippen molar-refractivity contribution >= 4 is 37.6 Å². The molecule has 1 aliphatic heterocycles. The highest BCUT2D eigenvalue weighted by molar-refractivity contribution is 6.74. The minimum atomic E-state index is -2.08. The van der Waals surface area contributed by atoms with Gasteiger partial charge in [0.05, 0.1) is 31.9 Å². The van der Waals surface area contributed by atoms with Crippen molar-refractivity contribution in [1.29, 1.82) is 0 Å². The van der Waals surface area contributed by atoms with Crippen molar-refractivity contribution in [2.75, 3.05) is 32.1 Å². The fraction of sp³-hybridized carbons (Fsp3) is 0.636. The van der Waals surface area contributed by atoms with Gasteiger partial charge in [-0.3, -0.25) is 19.2 Å². The van der Waals surface area contributed by atoms with Crippen molar-refractivity contribution < 1.29 is 42.6 Å². The lowest BCUT2D eigenvalue weighted by molar-refractivity contribution is -0.241. The number of benzene rings is 1. The number of nitrogens with one attached hydrogen (secondary N) is 1. The number of amides is 2. The molecule has 11 nitrogen and oxygen atoms in total. The third-order valence-electron chi connectivity index (χ3n) is 8.50. The van der Waals surface area contributed by atoms with Gasteiger partial charge in [-0.1, -0.05) is 46.6 Å². The highest BCUT2D eigenvalue weighted by atomic mass is 28.4. The molecule has 0 bridgehead atoms. The van der Waals surface area contributed by atoms with E-state index in [9.17, 15) is 19.2 Å². The molecule has 2 amide bonds. The number of ketones is 1. The third-order valence-corrected chi connectivity index (χ3v) is 13.0. The van der Waals surface area contributed by atoms with E-state index in [1.807, 2.05) is 19.9 Å². The maximum atomic E-state index is 13.2. The largest absolute Gasteiger partial charge is 0.459 e. The van der Waals surface area contributed by atoms with Gasteiger partial charge in [0.2, 0.25) is 18.1 Å². The van der Waals surface area contributed by atoms with Crippen LogP contribution in [0, 0.1) is 24.2 Å². The number of nitrogens with zero attached hydrogens (tertiary/aromatic N) is 1. The molecular weight excluding hydrogens is 596 g/mol. The normalized spacial score (nSPS) is 21.8. The Morgan fingerprint density at radius 1 is 1.11 bits per heavy atom. The van der Waals surface area contributed by atoms with Crippen LogP contribution in [0.3, 0.4) is 0 Å². The minimum absolute atomic E-state index is 0.00121. The topological polar surface area (TPSA) is 130 Å². The van der Waals surface area contributed by atoms with Crippen LogP contribution in [0.25, 0.3) is 0 Å². The summed E-state index contributed by atoms with van der Waals surface area (Å²) in [5, 5.41) is 2.85. The number of hydrogen-bond acceptors (Lipinski definition) is 9. The van der Waals surface area contributed by atoms with E-state index in [1.54, 1.807) is 12.1 Å². The fourth-order valence-corrected chi connectivity index (χ4v) is 5.49. The summed E-state index contributed by atoms with van der Waals surface area (Å²) < 4.78 is 29.5. The Morgan fingerprint density at radius 2 is 1.78 bits per heavy atom. The van der Waals surface area contributed by atoms with Gasteiger partial charge in [0, 0.05) is 19.9 Å². The van der Waals surface area contributed by atoms with Gasteiger partial charge in [0.15, 0.2) is 20.2 Å². The second-order valence-electron chi connectivity index (χ2n) is 13.1. The Bertz CT molecular complexity index is 1250. The number of carbonyl (C=O) groups is 4. The minimum Gasteiger partial charge on any atom is -0.459 e. The van der Waals surface area contributed by atoms with Gasteiger partial charge in [0.25, 0.3) is 0 Å². The highest BCUT2D eigenvalue weighted by Gasteiger charge is 2.46. The second kappa shape index (κ2) is 16.4. The SMILES string of the molecule is C#CCOCCC(=O)N(C)CC(=O)Nc1cc(CO[Si](C)(C)C(C)(C)C)ccc1O[C@@H]1OC(C(C)=O)[C@@H](C)[C@H](C)C1OC(C)=O. The van der Waals surface area contributed by atoms with E-state index in [0.29, 0.717) is 12.3 Å². The molecular formula is C33H50N2O9Si. The number of terminal acetylenes is 1. The van der Waals surface area contributed by atoms with Gasteiger partial charge in [0.1, 0.15) is 18.5 Å². The predicted molar refractivity (Wildman–Crippen MR) is 173 cm³/mol. The molecule has 1 N–H and O–H groups in total. The average molecular weight is 647 g/mol. The molecule has 250 valence electrons. The molecule has 1 aromatic carbocycles. The zero-order chi connectivity index (χ0) is 34.1. The van der Waals surface area contributed by atoms with Crippen molar-refractivity contribution in [2.24, 2.45) is 11.8 Å². The van der Waals surface area contributed by atoms with Crippen LogP contribution in [0.1, 0.15) is 60.5 Å². The van der Waals surface area contributed by atoms with E-state index in [0.717, 1.165) is 5.56 Å². The van der Waals surface area contributed by atoms with Crippen LogP contribution in [0.15, 0.2) is 18.2 Å². The van der Waals surface area contributed by atoms with Crippen LogP contribution in [0.2, 0.25) is 18.1 Å². The van der Waals surface area contributed by atoms with Crippen LogP contribution in [0.4, 0.5) is 5.69 Å². The first kappa shape index (κ1) is 37.9. The Hall–Kier alpha value is -3.24. The zero-order valence-electron chi connectivity index (χ0n) is 28.4. The number of esters is 1. The van der Waals surface area contributed by atoms with Gasteiger partial charge in [-0.25, -0.2) is 0 Å². The molecule has 0 spiro atoms. The summed E-state index contributed by atoms with van der Waals surface area (Å²) in [4.78, 5) is 51.4. The number of anilines is 1. The lowest BCUT2D eigenvalue weighted by atomic mass is 9.82. The number of hydrogen-bond donors (Lipinski definition) is 1. The monoisotopic (exact) mass is 646 g/mol. The Kier molecular flexibility index (Phi) is 13.8. The molecule has 0 radical (unpaired) electrons. The first-order valence-electron chi connectivity index (χ1n) is 15.2. The predicted octanol–water partition coefficient (Wildman–Crippen LogP) is 4.54. The molecule has 2 unspecified atom stereocenters. The van der Waals surface area contributed by atoms with Crippen molar-refractivity contribution in [2.45, 2.75) is 98.1 Å². The lowest BCUT2D eigenvalue weighted by Gasteiger charge is -2.42. The molecule has 0 saturated carbocycles. The summed E-state index contributed by atoms with van der Waals surface area (Å²) in [6, 6.07) is 5.24. The van der Waals surface area contributed by atoms with Crippen molar-refractivity contribution in [1.82, 2.24) is 4.90 Å². The average Bonchev–Trinajstić information content (AvgIpc) is 2.93. The van der Waals surface area contributed by atoms with Gasteiger partial charge < -0.3 is 33.6 Å². The summed E-state index contributed by atoms with van der Waals surface area (Å²) in [6.07, 6.45) is 2.54. The molecule has 1 heterocycles. The molecule has 45 heavy (non-hydrogen) atoms. The molecule has 0 aliphatic carbocycles. The van der Waals surface area contributed by atoms with E-state index < -0.39 is 38.7 Å². The van der Waals surface area contributed by atoms with Gasteiger partial charge in [-0.15, -0.1) is 6.42 Å². The maximum absolute atomic E-state index is 13.2. The first-order chi connectivity index (χ1) is 20.9. The number of rotatable bonds is 14. The number of likely N-dealkylation sites (N-methyl/N-ethyl adjacent to an activating group) is 1. The lowest BCUT2D eigenvalue weighted by Crippen LogP contribution is -2.55. The van der Waals surface area contributed by atoms with E-state index in [-0.39, 0.29) is 60.5 Å². The first-order valence-corrected chi connectivity index (χ1v) is 18.1. The molecule has 2 rings (SSSR count). The summed E-state index contributed by atoms with van der Waals surface area (Å²) in [5.74, 6) is 0.648. The highest BCUT2D eigenvalue weighted by Crippen LogP contribution is 2.39. The quantitative estimate of drug-likeness (QED) is 0.134. The maximum Gasteiger partial charge on any atom is 0.303 e. The number of ether oxygens (including phenoxy) is 4. The van der Waals surface area contributed by atoms with E-state index in [2.05, 4.69) is 45.1 Å². The molecule has 5 atom stereocenters. The molecule has 0 aromatic heterocycles. The van der Waals surface area contributed by atoms with E-state index in [1.165, 1.54) is 25.8 Å². The summed E-state index contributed by atoms with van der Waals surface area (Å²) in [7, 11) is -0.557. The van der Waals surface area contributed by atoms with Crippen molar-refractivity contribution in [3.63, 3.8) is 0 Å². The van der Waals surface area contributed by atoms with Crippen LogP contribution < -0.4 is 10.1 Å². The van der Waals surface area contributed by atoms with Gasteiger partial charge in [-0.2, -0.15) is 0 Å². The number of carbonyl (C=O) groups excluding carboxylic acids is 4. The molecule has 1 fully saturated rings. The zero-order valence-corrected chi connectivity index (χ0v) is 29.4. The summed E-state index contributed by atoms with van der Waals surface area (Å²) >= 11 is 0. The van der Waals surface area contributed by atoms with Crippen molar-refractivity contribution in [3.8, 4) is 18.1 Å². The third kappa shape index (κ3) is 11.0. The number of Topliss-reactive ketones (excluding diaryl/α,β-unsaturated/α-hetero) is 1. The Balaban J connectivity index is 2.37. The van der Waals surface area contributed by atoms with E-state index in [4.69, 9.17) is 29.8 Å². The van der Waals surface area contributed by atoms with Crippen LogP contribution >= 0.6 is 0 Å².